The summed E-state index contributed by atoms with van der Waals surface area (Å²) in [5, 5.41) is 0. The van der Waals surface area contributed by atoms with E-state index in [1.165, 1.54) is 0 Å². The first-order chi connectivity index (χ1) is 7.17. The molecule has 15 heavy (non-hydrogen) atoms. The summed E-state index contributed by atoms with van der Waals surface area (Å²) in [5.41, 5.74) is 7.16. The highest BCUT2D eigenvalue weighted by Gasteiger charge is 2.40. The summed E-state index contributed by atoms with van der Waals surface area (Å²) in [4.78, 5) is 0. The molecule has 0 saturated heterocycles. The first-order valence-electron chi connectivity index (χ1n) is 5.21. The summed E-state index contributed by atoms with van der Waals surface area (Å²) in [6, 6.07) is 3.44. The maximum atomic E-state index is 13.8. The summed E-state index contributed by atoms with van der Waals surface area (Å²) in [5.74, 6) is 1.18. The fraction of sp³-hybridized carbons (Fsp3) is 0.500. The number of hydrogen-bond acceptors (Lipinski definition) is 2. The number of rotatable bonds is 3. The molecule has 1 saturated carbocycles. The first kappa shape index (κ1) is 10.4. The van der Waals surface area contributed by atoms with E-state index in [1.807, 2.05) is 13.0 Å². The van der Waals surface area contributed by atoms with Gasteiger partial charge in [-0.05, 0) is 49.4 Å². The Morgan fingerprint density at radius 3 is 2.80 bits per heavy atom. The second-order valence-electron chi connectivity index (χ2n) is 4.20. The van der Waals surface area contributed by atoms with Crippen LogP contribution in [-0.2, 0) is 0 Å². The minimum atomic E-state index is -0.159. The minimum absolute atomic E-state index is 0.159. The number of halogens is 1. The lowest BCUT2D eigenvalue weighted by atomic mass is 10.0. The molecule has 0 spiro atoms. The van der Waals surface area contributed by atoms with Crippen LogP contribution in [-0.4, -0.2) is 13.7 Å². The van der Waals surface area contributed by atoms with Crippen LogP contribution in [0.15, 0.2) is 12.1 Å². The Bertz CT molecular complexity index is 378. The highest BCUT2D eigenvalue weighted by Crippen LogP contribution is 2.50. The van der Waals surface area contributed by atoms with Crippen molar-refractivity contribution in [3.8, 4) is 5.75 Å². The molecule has 2 atom stereocenters. The van der Waals surface area contributed by atoms with Crippen LogP contribution in [0.3, 0.4) is 0 Å². The zero-order chi connectivity index (χ0) is 11.0. The number of benzene rings is 1. The summed E-state index contributed by atoms with van der Waals surface area (Å²) < 4.78 is 19.0. The number of ether oxygens (including phenoxy) is 1. The van der Waals surface area contributed by atoms with Crippen LogP contribution < -0.4 is 10.5 Å². The van der Waals surface area contributed by atoms with Gasteiger partial charge in [0.2, 0.25) is 0 Å². The minimum Gasteiger partial charge on any atom is -0.496 e. The van der Waals surface area contributed by atoms with E-state index in [4.69, 9.17) is 10.5 Å². The van der Waals surface area contributed by atoms with Gasteiger partial charge in [0.05, 0.1) is 7.11 Å². The van der Waals surface area contributed by atoms with Gasteiger partial charge < -0.3 is 10.5 Å². The largest absolute Gasteiger partial charge is 0.496 e. The zero-order valence-electron chi connectivity index (χ0n) is 9.09. The van der Waals surface area contributed by atoms with Gasteiger partial charge in [-0.15, -0.1) is 0 Å². The van der Waals surface area contributed by atoms with Crippen molar-refractivity contribution < 1.29 is 9.13 Å². The second kappa shape index (κ2) is 3.81. The van der Waals surface area contributed by atoms with Gasteiger partial charge in [0.1, 0.15) is 11.6 Å². The Balaban J connectivity index is 2.37. The Hall–Kier alpha value is -1.09. The Labute approximate surface area is 89.2 Å². The van der Waals surface area contributed by atoms with Crippen molar-refractivity contribution in [2.45, 2.75) is 19.3 Å². The molecule has 2 nitrogen and oxygen atoms in total. The van der Waals surface area contributed by atoms with E-state index in [-0.39, 0.29) is 11.7 Å². The third kappa shape index (κ3) is 1.84. The molecule has 1 aliphatic rings. The quantitative estimate of drug-likeness (QED) is 0.828. The zero-order valence-corrected chi connectivity index (χ0v) is 9.09. The lowest BCUT2D eigenvalue weighted by Gasteiger charge is -2.10. The molecule has 0 radical (unpaired) electrons. The van der Waals surface area contributed by atoms with Crippen molar-refractivity contribution in [1.29, 1.82) is 0 Å². The van der Waals surface area contributed by atoms with Crippen LogP contribution in [0, 0.1) is 18.7 Å². The topological polar surface area (TPSA) is 35.2 Å². The number of methoxy groups -OCH3 is 1. The van der Waals surface area contributed by atoms with Gasteiger partial charge in [0.15, 0.2) is 0 Å². The van der Waals surface area contributed by atoms with Crippen molar-refractivity contribution in [3.63, 3.8) is 0 Å². The van der Waals surface area contributed by atoms with E-state index >= 15 is 0 Å². The molecule has 2 rings (SSSR count). The molecule has 0 unspecified atom stereocenters. The van der Waals surface area contributed by atoms with Gasteiger partial charge in [0.25, 0.3) is 0 Å². The Morgan fingerprint density at radius 1 is 1.53 bits per heavy atom. The average molecular weight is 209 g/mol. The highest BCUT2D eigenvalue weighted by molar-refractivity contribution is 5.43. The van der Waals surface area contributed by atoms with E-state index in [9.17, 15) is 4.39 Å². The molecular formula is C12H16FNO. The standard InChI is InChI=1S/C12H16FNO/c1-7-3-10(13)12(11(4-7)15-2)9-5-8(9)6-14/h3-4,8-9H,5-6,14H2,1-2H3/t8-,9+/m0/s1. The van der Waals surface area contributed by atoms with Crippen molar-refractivity contribution in [3.05, 3.63) is 29.1 Å². The van der Waals surface area contributed by atoms with Gasteiger partial charge in [-0.1, -0.05) is 0 Å². The molecule has 0 aromatic heterocycles. The fourth-order valence-corrected chi connectivity index (χ4v) is 2.11. The normalized spacial score (nSPS) is 24.0. The fourth-order valence-electron chi connectivity index (χ4n) is 2.11. The van der Waals surface area contributed by atoms with Gasteiger partial charge in [-0.2, -0.15) is 0 Å². The smallest absolute Gasteiger partial charge is 0.130 e. The van der Waals surface area contributed by atoms with Crippen LogP contribution in [0.4, 0.5) is 4.39 Å². The molecule has 3 heteroatoms. The van der Waals surface area contributed by atoms with Crippen molar-refractivity contribution in [1.82, 2.24) is 0 Å². The Kier molecular flexibility index (Phi) is 2.65. The lowest BCUT2D eigenvalue weighted by molar-refractivity contribution is 0.403. The van der Waals surface area contributed by atoms with E-state index in [0.717, 1.165) is 12.0 Å². The van der Waals surface area contributed by atoms with Crippen LogP contribution in [0.25, 0.3) is 0 Å². The number of nitrogens with two attached hydrogens (primary N) is 1. The maximum absolute atomic E-state index is 13.8. The van der Waals surface area contributed by atoms with Gasteiger partial charge in [-0.25, -0.2) is 4.39 Å². The van der Waals surface area contributed by atoms with Crippen LogP contribution >= 0.6 is 0 Å². The molecule has 82 valence electrons. The van der Waals surface area contributed by atoms with Crippen molar-refractivity contribution in [2.24, 2.45) is 11.7 Å². The summed E-state index contributed by atoms with van der Waals surface area (Å²) in [7, 11) is 1.58. The molecule has 2 N–H and O–H groups in total. The van der Waals surface area contributed by atoms with E-state index in [1.54, 1.807) is 13.2 Å². The van der Waals surface area contributed by atoms with Crippen molar-refractivity contribution in [2.75, 3.05) is 13.7 Å². The molecule has 1 aromatic rings. The first-order valence-corrected chi connectivity index (χ1v) is 5.21. The molecule has 0 amide bonds. The van der Waals surface area contributed by atoms with E-state index in [0.29, 0.717) is 23.8 Å². The number of hydrogen-bond donors (Lipinski definition) is 1. The lowest BCUT2D eigenvalue weighted by Crippen LogP contribution is -2.04. The predicted octanol–water partition coefficient (Wildman–Crippen LogP) is 2.20. The summed E-state index contributed by atoms with van der Waals surface area (Å²) in [6.45, 7) is 2.49. The monoisotopic (exact) mass is 209 g/mol. The van der Waals surface area contributed by atoms with Crippen molar-refractivity contribution >= 4 is 0 Å². The molecule has 0 heterocycles. The van der Waals surface area contributed by atoms with Crippen LogP contribution in [0.5, 0.6) is 5.75 Å². The molecule has 1 fully saturated rings. The molecule has 0 aliphatic heterocycles. The molecule has 1 aliphatic carbocycles. The predicted molar refractivity (Wildman–Crippen MR) is 57.6 cm³/mol. The molecule has 0 bridgehead atoms. The Morgan fingerprint density at radius 2 is 2.27 bits per heavy atom. The van der Waals surface area contributed by atoms with Gasteiger partial charge in [0, 0.05) is 5.56 Å². The summed E-state index contributed by atoms with van der Waals surface area (Å²) in [6.07, 6.45) is 0.979. The maximum Gasteiger partial charge on any atom is 0.130 e. The highest BCUT2D eigenvalue weighted by atomic mass is 19.1. The van der Waals surface area contributed by atoms with Crippen LogP contribution in [0.1, 0.15) is 23.5 Å². The van der Waals surface area contributed by atoms with Crippen LogP contribution in [0.2, 0.25) is 0 Å². The average Bonchev–Trinajstić information content (AvgIpc) is 2.95. The SMILES string of the molecule is COc1cc(C)cc(F)c1[C@@H]1C[C@H]1CN. The molecule has 1 aromatic carbocycles. The van der Waals surface area contributed by atoms with E-state index in [2.05, 4.69) is 0 Å². The second-order valence-corrected chi connectivity index (χ2v) is 4.20. The van der Waals surface area contributed by atoms with E-state index < -0.39 is 0 Å². The third-order valence-electron chi connectivity index (χ3n) is 3.05. The molecular weight excluding hydrogens is 193 g/mol. The number of aryl methyl sites for hydroxylation is 1. The third-order valence-corrected chi connectivity index (χ3v) is 3.05. The van der Waals surface area contributed by atoms with Gasteiger partial charge >= 0.3 is 0 Å². The summed E-state index contributed by atoms with van der Waals surface area (Å²) >= 11 is 0. The van der Waals surface area contributed by atoms with Gasteiger partial charge in [-0.3, -0.25) is 0 Å².